The van der Waals surface area contributed by atoms with Crippen molar-refractivity contribution in [3.63, 3.8) is 0 Å². The zero-order valence-electron chi connectivity index (χ0n) is 51.4. The average Bonchev–Trinajstić information content (AvgIpc) is 3.50. The van der Waals surface area contributed by atoms with Crippen molar-refractivity contribution in [1.29, 1.82) is 0 Å². The molecule has 0 amide bonds. The minimum absolute atomic E-state index is 0.0175. The van der Waals surface area contributed by atoms with Crippen LogP contribution in [0.3, 0.4) is 0 Å². The molecule has 0 radical (unpaired) electrons. The number of rotatable bonds is 81. The largest absolute Gasteiger partial charge is 0.394 e. The van der Waals surface area contributed by atoms with Gasteiger partial charge in [0.05, 0.1) is 357 Å². The normalized spacial score (nSPS) is 11.8. The SMILES string of the molecule is CCOCCOCCOCCOCCOCCOCCOCCOCCOCCOCCOCCOCCOCCOCCOCCOCCOCCOCCOCCOCCOCCOCCOCCOCCOCCOCCOCCO. The molecular formula is C56H114O28. The molecule has 0 aromatic carbocycles. The number of aliphatic hydroxyl groups excluding tert-OH is 1. The fraction of sp³-hybridized carbons (Fsp3) is 1.00. The van der Waals surface area contributed by atoms with Crippen molar-refractivity contribution in [2.45, 2.75) is 6.92 Å². The lowest BCUT2D eigenvalue weighted by molar-refractivity contribution is -0.0323. The van der Waals surface area contributed by atoms with E-state index in [9.17, 15) is 0 Å². The summed E-state index contributed by atoms with van der Waals surface area (Å²) in [6, 6.07) is 0. The summed E-state index contributed by atoms with van der Waals surface area (Å²) in [6.45, 7) is 28.8. The van der Waals surface area contributed by atoms with Gasteiger partial charge in [0, 0.05) is 6.61 Å². The molecule has 0 saturated heterocycles. The van der Waals surface area contributed by atoms with Crippen molar-refractivity contribution in [2.75, 3.05) is 363 Å². The minimum Gasteiger partial charge on any atom is -0.394 e. The zero-order chi connectivity index (χ0) is 60.0. The second-order valence-corrected chi connectivity index (χ2v) is 16.8. The second-order valence-electron chi connectivity index (χ2n) is 16.8. The molecule has 28 heteroatoms. The maximum Gasteiger partial charge on any atom is 0.0701 e. The van der Waals surface area contributed by atoms with E-state index in [1.165, 1.54) is 0 Å². The van der Waals surface area contributed by atoms with Crippen LogP contribution in [0.25, 0.3) is 0 Å². The maximum absolute atomic E-state index is 8.61. The van der Waals surface area contributed by atoms with Crippen LogP contribution < -0.4 is 0 Å². The molecule has 0 fully saturated rings. The Labute approximate surface area is 502 Å². The van der Waals surface area contributed by atoms with Crippen molar-refractivity contribution in [2.24, 2.45) is 0 Å². The van der Waals surface area contributed by atoms with E-state index in [2.05, 4.69) is 0 Å². The monoisotopic (exact) mass is 1230 g/mol. The van der Waals surface area contributed by atoms with E-state index in [0.717, 1.165) is 0 Å². The van der Waals surface area contributed by atoms with Gasteiger partial charge >= 0.3 is 0 Å². The van der Waals surface area contributed by atoms with Crippen LogP contribution in [0, 0.1) is 0 Å². The fourth-order valence-corrected chi connectivity index (χ4v) is 5.93. The molecule has 0 saturated carbocycles. The first kappa shape index (κ1) is 82.9. The van der Waals surface area contributed by atoms with E-state index >= 15 is 0 Å². The van der Waals surface area contributed by atoms with Gasteiger partial charge in [0.2, 0.25) is 0 Å². The Balaban J connectivity index is 3.08. The second kappa shape index (κ2) is 81.9. The summed E-state index contributed by atoms with van der Waals surface area (Å²) in [5.74, 6) is 0. The van der Waals surface area contributed by atoms with Crippen LogP contribution >= 0.6 is 0 Å². The summed E-state index contributed by atoms with van der Waals surface area (Å²) in [7, 11) is 0. The van der Waals surface area contributed by atoms with Gasteiger partial charge in [-0.1, -0.05) is 0 Å². The molecule has 84 heavy (non-hydrogen) atoms. The number of hydrogen-bond acceptors (Lipinski definition) is 28. The number of aliphatic hydroxyl groups is 1. The highest BCUT2D eigenvalue weighted by Crippen LogP contribution is 1.92. The Bertz CT molecular complexity index is 1040. The van der Waals surface area contributed by atoms with Crippen LogP contribution in [0.1, 0.15) is 6.92 Å². The molecule has 0 unspecified atom stereocenters. The summed E-state index contributed by atoms with van der Waals surface area (Å²) < 4.78 is 148. The van der Waals surface area contributed by atoms with Crippen LogP contribution in [-0.2, 0) is 128 Å². The summed E-state index contributed by atoms with van der Waals surface area (Å²) >= 11 is 0. The van der Waals surface area contributed by atoms with Gasteiger partial charge < -0.3 is 133 Å². The third-order valence-corrected chi connectivity index (χ3v) is 10.1. The summed E-state index contributed by atoms with van der Waals surface area (Å²) in [5, 5.41) is 8.61. The molecular weight excluding hydrogens is 1120 g/mol. The molecule has 1 N–H and O–H groups in total. The zero-order valence-corrected chi connectivity index (χ0v) is 51.4. The molecule has 0 aliphatic heterocycles. The van der Waals surface area contributed by atoms with Gasteiger partial charge in [0.25, 0.3) is 0 Å². The molecule has 0 aliphatic carbocycles. The predicted molar refractivity (Wildman–Crippen MR) is 305 cm³/mol. The van der Waals surface area contributed by atoms with Gasteiger partial charge in [0.1, 0.15) is 0 Å². The first-order valence-electron chi connectivity index (χ1n) is 30.1. The predicted octanol–water partition coefficient (Wildman–Crippen LogP) is 0.447. The molecule has 0 bridgehead atoms. The molecule has 0 aromatic rings. The van der Waals surface area contributed by atoms with Gasteiger partial charge in [-0.2, -0.15) is 0 Å². The van der Waals surface area contributed by atoms with Crippen molar-refractivity contribution < 1.29 is 133 Å². The Hall–Kier alpha value is -1.12. The average molecular weight is 1240 g/mol. The fourth-order valence-electron chi connectivity index (χ4n) is 5.93. The standard InChI is InChI=1S/C56H114O28/c1-2-58-5-6-60-9-10-62-13-14-64-17-18-66-21-22-68-25-26-70-29-30-72-33-34-74-37-38-76-41-42-78-45-46-80-49-50-82-53-54-84-56-55-83-52-51-81-48-47-79-44-43-77-40-39-75-36-35-73-32-31-71-28-27-69-24-23-67-20-19-65-16-15-63-12-11-61-8-7-59-4-3-57/h57H,2-56H2,1H3. The van der Waals surface area contributed by atoms with Crippen molar-refractivity contribution in [3.8, 4) is 0 Å². The Morgan fingerprint density at radius 2 is 0.190 bits per heavy atom. The van der Waals surface area contributed by atoms with Gasteiger partial charge in [-0.3, -0.25) is 0 Å². The number of ether oxygens (including phenoxy) is 27. The summed E-state index contributed by atoms with van der Waals surface area (Å²) in [5.41, 5.74) is 0. The Kier molecular flexibility index (Phi) is 80.8. The van der Waals surface area contributed by atoms with Gasteiger partial charge in [-0.15, -0.1) is 0 Å². The molecule has 28 nitrogen and oxygen atoms in total. The van der Waals surface area contributed by atoms with Gasteiger partial charge in [0.15, 0.2) is 0 Å². The molecule has 0 spiro atoms. The van der Waals surface area contributed by atoms with E-state index < -0.39 is 0 Å². The lowest BCUT2D eigenvalue weighted by Gasteiger charge is -2.09. The minimum atomic E-state index is 0.0175. The molecule has 0 aliphatic rings. The highest BCUT2D eigenvalue weighted by atomic mass is 16.6. The molecule has 0 atom stereocenters. The van der Waals surface area contributed by atoms with Crippen LogP contribution in [0.4, 0.5) is 0 Å². The third-order valence-electron chi connectivity index (χ3n) is 10.1. The van der Waals surface area contributed by atoms with Crippen LogP contribution in [0.2, 0.25) is 0 Å². The topological polar surface area (TPSA) is 269 Å². The summed E-state index contributed by atoms with van der Waals surface area (Å²) in [6.07, 6.45) is 0. The highest BCUT2D eigenvalue weighted by Gasteiger charge is 2.01. The lowest BCUT2D eigenvalue weighted by atomic mass is 10.6. The van der Waals surface area contributed by atoms with Crippen molar-refractivity contribution in [1.82, 2.24) is 0 Å². The Morgan fingerprint density at radius 3 is 0.262 bits per heavy atom. The van der Waals surface area contributed by atoms with Gasteiger partial charge in [-0.25, -0.2) is 0 Å². The molecule has 0 rings (SSSR count). The number of hydrogen-bond donors (Lipinski definition) is 1. The van der Waals surface area contributed by atoms with E-state index in [-0.39, 0.29) is 6.61 Å². The van der Waals surface area contributed by atoms with Crippen LogP contribution in [0.5, 0.6) is 0 Å². The lowest BCUT2D eigenvalue weighted by Crippen LogP contribution is -2.16. The first-order valence-corrected chi connectivity index (χ1v) is 30.1. The van der Waals surface area contributed by atoms with E-state index in [4.69, 9.17) is 133 Å². The molecule has 0 heterocycles. The first-order chi connectivity index (χ1) is 41.9. The molecule has 506 valence electrons. The van der Waals surface area contributed by atoms with E-state index in [1.54, 1.807) is 0 Å². The van der Waals surface area contributed by atoms with E-state index in [1.807, 2.05) is 6.92 Å². The van der Waals surface area contributed by atoms with Crippen LogP contribution in [-0.4, -0.2) is 368 Å². The van der Waals surface area contributed by atoms with Gasteiger partial charge in [-0.05, 0) is 6.92 Å². The third kappa shape index (κ3) is 80.9. The smallest absolute Gasteiger partial charge is 0.0701 e. The van der Waals surface area contributed by atoms with Crippen molar-refractivity contribution in [3.05, 3.63) is 0 Å². The quantitative estimate of drug-likeness (QED) is 0.0810. The molecule has 0 aromatic heterocycles. The maximum atomic E-state index is 8.61. The highest BCUT2D eigenvalue weighted by molar-refractivity contribution is 4.43. The van der Waals surface area contributed by atoms with Crippen molar-refractivity contribution >= 4 is 0 Å². The summed E-state index contributed by atoms with van der Waals surface area (Å²) in [4.78, 5) is 0. The van der Waals surface area contributed by atoms with Crippen LogP contribution in [0.15, 0.2) is 0 Å². The van der Waals surface area contributed by atoms with E-state index in [0.29, 0.717) is 357 Å². The Morgan fingerprint density at radius 1 is 0.119 bits per heavy atom.